The molecule has 1 aliphatic heterocycles. The van der Waals surface area contributed by atoms with Crippen molar-refractivity contribution in [3.05, 3.63) is 154 Å². The van der Waals surface area contributed by atoms with E-state index in [0.29, 0.717) is 17.3 Å². The van der Waals surface area contributed by atoms with Crippen molar-refractivity contribution >= 4 is 23.9 Å². The minimum Gasteiger partial charge on any atom is -0.379 e. The summed E-state index contributed by atoms with van der Waals surface area (Å²) in [6, 6.07) is 18.6. The molecule has 0 amide bonds. The second-order valence-electron chi connectivity index (χ2n) is 12.9. The summed E-state index contributed by atoms with van der Waals surface area (Å²) in [6.07, 6.45) is 9.38. The molecule has 304 valence electrons. The van der Waals surface area contributed by atoms with Crippen LogP contribution in [-0.4, -0.2) is 43.9 Å². The maximum absolute atomic E-state index is 11.3. The Bertz CT molecular complexity index is 2020. The van der Waals surface area contributed by atoms with E-state index in [0.717, 1.165) is 64.7 Å². The Kier molecular flexibility index (Phi) is 19.6. The molecule has 4 aromatic rings. The van der Waals surface area contributed by atoms with Crippen molar-refractivity contribution in [1.29, 1.82) is 0 Å². The molecule has 13 heteroatoms. The van der Waals surface area contributed by atoms with Crippen LogP contribution in [-0.2, 0) is 15.1 Å². The second kappa shape index (κ2) is 22.9. The first-order chi connectivity index (χ1) is 27.2. The molecule has 3 heterocycles. The number of aromatic nitrogens is 3. The Morgan fingerprint density at radius 2 is 1.47 bits per heavy atom. The number of methoxy groups -OCH3 is 1. The molecule has 0 bridgehead atoms. The third-order valence-corrected chi connectivity index (χ3v) is 8.51. The van der Waals surface area contributed by atoms with Gasteiger partial charge < -0.3 is 20.6 Å². The molecule has 0 atom stereocenters. The van der Waals surface area contributed by atoms with Crippen LogP contribution in [0.15, 0.2) is 123 Å². The molecule has 1 fully saturated rings. The Balaban J connectivity index is 0.000000723. The fourth-order valence-corrected chi connectivity index (χ4v) is 5.28. The van der Waals surface area contributed by atoms with Gasteiger partial charge in [0.2, 0.25) is 0 Å². The van der Waals surface area contributed by atoms with Crippen LogP contribution in [0, 0.1) is 20.2 Å². The molecule has 1 saturated carbocycles. The first kappa shape index (κ1) is 48.7. The number of rotatable bonds is 8. The molecule has 13 nitrogen and oxygen atoms in total. The van der Waals surface area contributed by atoms with E-state index in [2.05, 4.69) is 65.4 Å². The van der Waals surface area contributed by atoms with Gasteiger partial charge in [-0.25, -0.2) is 9.97 Å². The number of non-ortho nitro benzene ring substituents is 1. The van der Waals surface area contributed by atoms with Gasteiger partial charge in [-0.2, -0.15) is 0 Å². The summed E-state index contributed by atoms with van der Waals surface area (Å²) in [6.45, 7) is 30.3. The van der Waals surface area contributed by atoms with Gasteiger partial charge in [0.25, 0.3) is 11.4 Å². The molecule has 6 rings (SSSR count). The molecule has 1 aliphatic carbocycles. The SMILES string of the molecule is C=CC(=C)[N+](=O)[O-].C=CC1=C(C=C)c2nc(-c3ccc([N+](=O)[O-])cc3)c(-c3ccc(C4(N)CCC4)cc3)n2-c2cccnc2N1.C=O.CC.CC.COC(C)(C)C. The lowest BCUT2D eigenvalue weighted by Gasteiger charge is -2.38. The number of nitrogens with zero attached hydrogens (tertiary/aromatic N) is 5. The van der Waals surface area contributed by atoms with E-state index < -0.39 is 9.85 Å². The van der Waals surface area contributed by atoms with Crippen molar-refractivity contribution < 1.29 is 19.4 Å². The van der Waals surface area contributed by atoms with Gasteiger partial charge >= 0.3 is 0 Å². The standard InChI is InChI=1S/C30H26N6O2.C5H12O.C4H5NO2.2C2H6.CH2O/c1-3-23-24(4-2)33-28-25(7-5-18-32-28)35-27(20-8-12-21(13-9-20)30(31)16-6-17-30)26(34-29(23)35)19-10-14-22(15-11-19)36(37)38;1-5(2,3)6-4;1-3-4(2)5(6)7;3*1-2/h3-5,7-15,18H,1-2,6,16-17,31H2,(H,32,33);1-4H3;3H,1-2H2;2*1-2H3;1H2. The van der Waals surface area contributed by atoms with Gasteiger partial charge in [0.1, 0.15) is 12.6 Å². The van der Waals surface area contributed by atoms with Crippen molar-refractivity contribution in [1.82, 2.24) is 14.5 Å². The monoisotopic (exact) mass is 779 g/mol. The summed E-state index contributed by atoms with van der Waals surface area (Å²) in [4.78, 5) is 37.6. The fourth-order valence-electron chi connectivity index (χ4n) is 5.28. The minimum atomic E-state index is -0.590. The summed E-state index contributed by atoms with van der Waals surface area (Å²) in [5.41, 5.74) is 12.9. The van der Waals surface area contributed by atoms with Crippen molar-refractivity contribution in [2.75, 3.05) is 12.4 Å². The highest BCUT2D eigenvalue weighted by molar-refractivity contribution is 5.89. The lowest BCUT2D eigenvalue weighted by molar-refractivity contribution is -0.418. The van der Waals surface area contributed by atoms with Gasteiger partial charge in [0.05, 0.1) is 38.2 Å². The largest absolute Gasteiger partial charge is 0.379 e. The number of nitrogens with one attached hydrogen (secondary N) is 1. The average molecular weight is 780 g/mol. The van der Waals surface area contributed by atoms with Crippen molar-refractivity contribution in [3.8, 4) is 28.2 Å². The Hall–Kier alpha value is -6.31. The van der Waals surface area contributed by atoms with E-state index in [1.54, 1.807) is 37.6 Å². The van der Waals surface area contributed by atoms with Crippen LogP contribution in [0.4, 0.5) is 11.5 Å². The number of nitro benzene ring substituents is 1. The highest BCUT2D eigenvalue weighted by atomic mass is 16.6. The smallest absolute Gasteiger partial charge is 0.269 e. The van der Waals surface area contributed by atoms with E-state index in [1.807, 2.05) is 67.4 Å². The summed E-state index contributed by atoms with van der Waals surface area (Å²) in [5.74, 6) is 1.32. The van der Waals surface area contributed by atoms with Crippen LogP contribution in [0.5, 0.6) is 0 Å². The molecular weight excluding hydrogens is 723 g/mol. The van der Waals surface area contributed by atoms with Gasteiger partial charge in [0.15, 0.2) is 5.82 Å². The average Bonchev–Trinajstić information content (AvgIpc) is 3.55. The number of nitro groups is 2. The number of fused-ring (bicyclic) bond motifs is 3. The topological polar surface area (TPSA) is 181 Å². The fraction of sp³-hybridized carbons (Fsp3) is 0.295. The van der Waals surface area contributed by atoms with E-state index in [9.17, 15) is 20.2 Å². The Morgan fingerprint density at radius 3 is 1.88 bits per heavy atom. The van der Waals surface area contributed by atoms with Crippen molar-refractivity contribution in [2.45, 2.75) is 78.9 Å². The molecule has 0 unspecified atom stereocenters. The highest BCUT2D eigenvalue weighted by Crippen LogP contribution is 2.43. The van der Waals surface area contributed by atoms with Gasteiger partial charge in [-0.05, 0) is 82.5 Å². The van der Waals surface area contributed by atoms with Crippen LogP contribution in [0.2, 0.25) is 0 Å². The van der Waals surface area contributed by atoms with Crippen LogP contribution in [0.25, 0.3) is 33.8 Å². The lowest BCUT2D eigenvalue weighted by atomic mass is 9.72. The molecule has 2 aromatic carbocycles. The highest BCUT2D eigenvalue weighted by Gasteiger charge is 2.34. The minimum absolute atomic E-state index is 0.0218. The first-order valence-electron chi connectivity index (χ1n) is 18.5. The van der Waals surface area contributed by atoms with Crippen molar-refractivity contribution in [3.63, 3.8) is 0 Å². The molecule has 2 aliphatic rings. The van der Waals surface area contributed by atoms with Crippen LogP contribution in [0.1, 0.15) is 79.1 Å². The number of benzene rings is 2. The number of pyridine rings is 1. The molecule has 0 spiro atoms. The van der Waals surface area contributed by atoms with Gasteiger partial charge in [0, 0.05) is 53.8 Å². The van der Waals surface area contributed by atoms with E-state index in [4.69, 9.17) is 20.2 Å². The third-order valence-electron chi connectivity index (χ3n) is 8.51. The Morgan fingerprint density at radius 1 is 0.930 bits per heavy atom. The number of hydrogen-bond acceptors (Lipinski definition) is 10. The summed E-state index contributed by atoms with van der Waals surface area (Å²) in [5, 5.41) is 24.2. The number of anilines is 1. The maximum atomic E-state index is 11.3. The molecule has 0 saturated heterocycles. The molecule has 2 aromatic heterocycles. The number of imidazole rings is 1. The number of allylic oxidation sites excluding steroid dienone is 4. The number of hydrogen-bond donors (Lipinski definition) is 2. The van der Waals surface area contributed by atoms with Gasteiger partial charge in [-0.3, -0.25) is 24.8 Å². The van der Waals surface area contributed by atoms with Crippen LogP contribution < -0.4 is 11.1 Å². The second-order valence-corrected chi connectivity index (χ2v) is 12.9. The van der Waals surface area contributed by atoms with Crippen molar-refractivity contribution in [2.24, 2.45) is 5.73 Å². The van der Waals surface area contributed by atoms with Crippen LogP contribution >= 0.6 is 0 Å². The van der Waals surface area contributed by atoms with Gasteiger partial charge in [-0.15, -0.1) is 0 Å². The van der Waals surface area contributed by atoms with E-state index in [-0.39, 0.29) is 22.5 Å². The maximum Gasteiger partial charge on any atom is 0.269 e. The van der Waals surface area contributed by atoms with E-state index >= 15 is 0 Å². The zero-order chi connectivity index (χ0) is 43.5. The number of ether oxygens (including phenoxy) is 1. The normalized spacial score (nSPS) is 12.7. The number of carbonyl (C=O) groups is 1. The van der Waals surface area contributed by atoms with E-state index in [1.165, 1.54) is 12.1 Å². The quantitative estimate of drug-likeness (QED) is 0.0992. The first-order valence-corrected chi connectivity index (χ1v) is 18.5. The Labute approximate surface area is 336 Å². The molecule has 0 radical (unpaired) electrons. The number of nitrogens with two attached hydrogens (primary N) is 1. The summed E-state index contributed by atoms with van der Waals surface area (Å²) >= 11 is 0. The predicted molar refractivity (Wildman–Crippen MR) is 232 cm³/mol. The van der Waals surface area contributed by atoms with Crippen LogP contribution in [0.3, 0.4) is 0 Å². The zero-order valence-corrected chi connectivity index (χ0v) is 34.5. The molecule has 3 N–H and O–H groups in total. The summed E-state index contributed by atoms with van der Waals surface area (Å²) < 4.78 is 7.00. The molecular formula is C44H57N7O6. The lowest BCUT2D eigenvalue weighted by Crippen LogP contribution is -2.43. The third kappa shape index (κ3) is 12.3. The summed E-state index contributed by atoms with van der Waals surface area (Å²) in [7, 11) is 1.71. The number of carbonyl (C=O) groups excluding carboxylic acids is 1. The molecule has 57 heavy (non-hydrogen) atoms. The zero-order valence-electron chi connectivity index (χ0n) is 34.5. The van der Waals surface area contributed by atoms with Gasteiger partial charge in [-0.1, -0.05) is 77.8 Å². The predicted octanol–water partition coefficient (Wildman–Crippen LogP) is 10.6.